The van der Waals surface area contributed by atoms with Crippen molar-refractivity contribution in [2.75, 3.05) is 13.2 Å². The van der Waals surface area contributed by atoms with Crippen LogP contribution in [0, 0.1) is 0 Å². The molecule has 0 unspecified atom stereocenters. The van der Waals surface area contributed by atoms with Crippen molar-refractivity contribution < 1.29 is 24.2 Å². The summed E-state index contributed by atoms with van der Waals surface area (Å²) in [5.74, 6) is 0. The van der Waals surface area contributed by atoms with Gasteiger partial charge in [0, 0.05) is 6.54 Å². The lowest BCUT2D eigenvalue weighted by Crippen LogP contribution is -2.42. The van der Waals surface area contributed by atoms with Gasteiger partial charge in [-0.05, 0) is 32.8 Å². The molecule has 0 saturated carbocycles. The van der Waals surface area contributed by atoms with E-state index < -0.39 is 17.8 Å². The van der Waals surface area contributed by atoms with Crippen molar-refractivity contribution >= 4 is 12.2 Å². The fourth-order valence-electron chi connectivity index (χ4n) is 2.67. The number of amides is 2. The van der Waals surface area contributed by atoms with Crippen molar-refractivity contribution in [2.45, 2.75) is 51.5 Å². The van der Waals surface area contributed by atoms with Crippen molar-refractivity contribution in [3.63, 3.8) is 0 Å². The van der Waals surface area contributed by atoms with E-state index >= 15 is 0 Å². The van der Waals surface area contributed by atoms with Crippen molar-refractivity contribution in [1.82, 2.24) is 10.2 Å². The maximum atomic E-state index is 12.2. The number of benzene rings is 1. The molecule has 25 heavy (non-hydrogen) atoms. The molecule has 138 valence electrons. The Morgan fingerprint density at radius 1 is 1.28 bits per heavy atom. The summed E-state index contributed by atoms with van der Waals surface area (Å²) >= 11 is 0. The van der Waals surface area contributed by atoms with E-state index in [1.807, 2.05) is 30.3 Å². The molecule has 1 aromatic carbocycles. The Balaban J connectivity index is 1.84. The van der Waals surface area contributed by atoms with E-state index in [0.29, 0.717) is 6.42 Å². The second-order valence-corrected chi connectivity index (χ2v) is 7.11. The molecule has 1 aromatic rings. The molecule has 7 nitrogen and oxygen atoms in total. The molecule has 1 aliphatic heterocycles. The number of alkyl carbamates (subject to hydrolysis) is 1. The summed E-state index contributed by atoms with van der Waals surface area (Å²) in [6.07, 6.45) is -0.582. The van der Waals surface area contributed by atoms with Crippen LogP contribution < -0.4 is 5.32 Å². The molecule has 0 spiro atoms. The average Bonchev–Trinajstić information content (AvgIpc) is 2.95. The molecule has 2 N–H and O–H groups in total. The lowest BCUT2D eigenvalue weighted by Gasteiger charge is -2.27. The van der Waals surface area contributed by atoms with Gasteiger partial charge < -0.3 is 24.8 Å². The highest BCUT2D eigenvalue weighted by molar-refractivity contribution is 5.70. The van der Waals surface area contributed by atoms with Crippen LogP contribution in [0.4, 0.5) is 9.59 Å². The molecule has 1 aliphatic rings. The first-order chi connectivity index (χ1) is 11.8. The van der Waals surface area contributed by atoms with Crippen molar-refractivity contribution in [3.05, 3.63) is 35.9 Å². The zero-order chi connectivity index (χ0) is 18.4. The van der Waals surface area contributed by atoms with Gasteiger partial charge in [-0.2, -0.15) is 0 Å². The van der Waals surface area contributed by atoms with E-state index in [2.05, 4.69) is 5.32 Å². The Hall–Kier alpha value is -2.28. The third kappa shape index (κ3) is 5.94. The largest absolute Gasteiger partial charge is 0.445 e. The number of aliphatic hydroxyl groups is 1. The van der Waals surface area contributed by atoms with Crippen LogP contribution in [-0.4, -0.2) is 53.0 Å². The Bertz CT molecular complexity index is 585. The number of ether oxygens (including phenoxy) is 2. The van der Waals surface area contributed by atoms with Crippen LogP contribution in [0.15, 0.2) is 30.3 Å². The number of nitrogens with one attached hydrogen (secondary N) is 1. The Morgan fingerprint density at radius 3 is 2.56 bits per heavy atom. The summed E-state index contributed by atoms with van der Waals surface area (Å²) in [7, 11) is 0. The molecule has 0 bridgehead atoms. The number of hydrogen-bond donors (Lipinski definition) is 2. The zero-order valence-corrected chi connectivity index (χ0v) is 14.9. The smallest absolute Gasteiger partial charge is 0.410 e. The van der Waals surface area contributed by atoms with Crippen LogP contribution in [-0.2, 0) is 16.1 Å². The number of carbonyl (C=O) groups is 2. The second-order valence-electron chi connectivity index (χ2n) is 7.11. The van der Waals surface area contributed by atoms with E-state index in [-0.39, 0.29) is 31.8 Å². The van der Waals surface area contributed by atoms with Gasteiger partial charge in [-0.3, -0.25) is 0 Å². The summed E-state index contributed by atoms with van der Waals surface area (Å²) in [6, 6.07) is 8.71. The van der Waals surface area contributed by atoms with Gasteiger partial charge in [-0.15, -0.1) is 0 Å². The Morgan fingerprint density at radius 2 is 1.96 bits per heavy atom. The number of hydrogen-bond acceptors (Lipinski definition) is 5. The quantitative estimate of drug-likeness (QED) is 0.870. The SMILES string of the molecule is CC(C)(C)OC(=O)N1C[C@@H](NC(=O)OCc2ccccc2)C[C@@H]1CO. The molecule has 0 aromatic heterocycles. The van der Waals surface area contributed by atoms with E-state index in [1.165, 1.54) is 4.90 Å². The highest BCUT2D eigenvalue weighted by Gasteiger charge is 2.37. The normalized spacial score (nSPS) is 20.2. The third-order valence-corrected chi connectivity index (χ3v) is 3.79. The van der Waals surface area contributed by atoms with Crippen LogP contribution in [0.25, 0.3) is 0 Å². The lowest BCUT2D eigenvalue weighted by molar-refractivity contribution is 0.0173. The zero-order valence-electron chi connectivity index (χ0n) is 14.9. The van der Waals surface area contributed by atoms with Crippen LogP contribution in [0.3, 0.4) is 0 Å². The van der Waals surface area contributed by atoms with Crippen molar-refractivity contribution in [1.29, 1.82) is 0 Å². The van der Waals surface area contributed by atoms with Gasteiger partial charge in [0.15, 0.2) is 0 Å². The van der Waals surface area contributed by atoms with Crippen LogP contribution in [0.1, 0.15) is 32.8 Å². The molecule has 2 amide bonds. The predicted octanol–water partition coefficient (Wildman–Crippen LogP) is 2.28. The summed E-state index contributed by atoms with van der Waals surface area (Å²) in [5, 5.41) is 12.2. The molecule has 0 radical (unpaired) electrons. The van der Waals surface area contributed by atoms with Crippen LogP contribution >= 0.6 is 0 Å². The standard InChI is InChI=1S/C18H26N2O5/c1-18(2,3)25-17(23)20-10-14(9-15(20)11-21)19-16(22)24-12-13-7-5-4-6-8-13/h4-8,14-15,21H,9-12H2,1-3H3,(H,19,22)/t14-,15+/m0/s1. The molecule has 1 saturated heterocycles. The number of carbonyl (C=O) groups excluding carboxylic acids is 2. The summed E-state index contributed by atoms with van der Waals surface area (Å²) in [5.41, 5.74) is 0.282. The minimum absolute atomic E-state index is 0.179. The lowest BCUT2D eigenvalue weighted by atomic mass is 10.2. The fraction of sp³-hybridized carbons (Fsp3) is 0.556. The minimum Gasteiger partial charge on any atom is -0.445 e. The highest BCUT2D eigenvalue weighted by atomic mass is 16.6. The average molecular weight is 350 g/mol. The van der Waals surface area contributed by atoms with E-state index in [4.69, 9.17) is 9.47 Å². The first kappa shape index (κ1) is 19.1. The van der Waals surface area contributed by atoms with Gasteiger partial charge in [-0.1, -0.05) is 30.3 Å². The molecular formula is C18H26N2O5. The summed E-state index contributed by atoms with van der Waals surface area (Å²) in [6.45, 7) is 5.62. The predicted molar refractivity (Wildman–Crippen MR) is 92.0 cm³/mol. The van der Waals surface area contributed by atoms with Crippen LogP contribution in [0.2, 0.25) is 0 Å². The third-order valence-electron chi connectivity index (χ3n) is 3.79. The number of aliphatic hydroxyl groups excluding tert-OH is 1. The molecule has 0 aliphatic carbocycles. The van der Waals surface area contributed by atoms with Gasteiger partial charge in [0.2, 0.25) is 0 Å². The summed E-state index contributed by atoms with van der Waals surface area (Å²) in [4.78, 5) is 25.6. The van der Waals surface area contributed by atoms with E-state index in [1.54, 1.807) is 20.8 Å². The Labute approximate surface area is 147 Å². The van der Waals surface area contributed by atoms with Crippen molar-refractivity contribution in [3.8, 4) is 0 Å². The molecule has 1 fully saturated rings. The monoisotopic (exact) mass is 350 g/mol. The topological polar surface area (TPSA) is 88.1 Å². The van der Waals surface area contributed by atoms with Crippen LogP contribution in [0.5, 0.6) is 0 Å². The highest BCUT2D eigenvalue weighted by Crippen LogP contribution is 2.21. The molecule has 2 rings (SSSR count). The van der Waals surface area contributed by atoms with E-state index in [0.717, 1.165) is 5.56 Å². The van der Waals surface area contributed by atoms with Gasteiger partial charge >= 0.3 is 12.2 Å². The van der Waals surface area contributed by atoms with Gasteiger partial charge in [-0.25, -0.2) is 9.59 Å². The Kier molecular flexibility index (Phi) is 6.25. The molecular weight excluding hydrogens is 324 g/mol. The first-order valence-electron chi connectivity index (χ1n) is 8.36. The van der Waals surface area contributed by atoms with Gasteiger partial charge in [0.1, 0.15) is 12.2 Å². The molecule has 2 atom stereocenters. The first-order valence-corrected chi connectivity index (χ1v) is 8.36. The van der Waals surface area contributed by atoms with E-state index in [9.17, 15) is 14.7 Å². The summed E-state index contributed by atoms with van der Waals surface area (Å²) < 4.78 is 10.5. The number of nitrogens with zero attached hydrogens (tertiary/aromatic N) is 1. The van der Waals surface area contributed by atoms with Crippen molar-refractivity contribution in [2.24, 2.45) is 0 Å². The van der Waals surface area contributed by atoms with Gasteiger partial charge in [0.05, 0.1) is 18.7 Å². The fourth-order valence-corrected chi connectivity index (χ4v) is 2.67. The maximum Gasteiger partial charge on any atom is 0.410 e. The maximum absolute atomic E-state index is 12.2. The minimum atomic E-state index is -0.614. The molecule has 7 heteroatoms. The number of rotatable bonds is 4. The van der Waals surface area contributed by atoms with Gasteiger partial charge in [0.25, 0.3) is 0 Å². The number of likely N-dealkylation sites (tertiary alicyclic amines) is 1. The molecule has 1 heterocycles. The second kappa shape index (κ2) is 8.20.